The van der Waals surface area contributed by atoms with Crippen LogP contribution < -0.4 is 16.4 Å². The van der Waals surface area contributed by atoms with E-state index in [1.54, 1.807) is 4.68 Å². The Bertz CT molecular complexity index is 1220. The summed E-state index contributed by atoms with van der Waals surface area (Å²) in [7, 11) is 1.22. The van der Waals surface area contributed by atoms with Gasteiger partial charge in [0, 0.05) is 17.9 Å². The highest BCUT2D eigenvalue weighted by molar-refractivity contribution is 6.00. The zero-order valence-corrected chi connectivity index (χ0v) is 19.5. The standard InChI is InChI=1S/C26H28N6O3/c1-35-25(34)30-24-22(23(28)33)17-32(31-24)26(15-16-27)13-11-21(12-14-26)29-20-9-7-19(8-10-20)18-5-3-2-4-6-18/h2-10,17,21,29H,11-15H2,1H3,(H2,28,33)(H,30,31,34). The van der Waals surface area contributed by atoms with Gasteiger partial charge in [-0.3, -0.25) is 14.8 Å². The summed E-state index contributed by atoms with van der Waals surface area (Å²) in [5.41, 5.74) is 8.35. The van der Waals surface area contributed by atoms with Gasteiger partial charge in [0.2, 0.25) is 0 Å². The van der Waals surface area contributed by atoms with Crippen molar-refractivity contribution in [3.05, 3.63) is 66.4 Å². The van der Waals surface area contributed by atoms with Crippen LogP contribution in [0.2, 0.25) is 0 Å². The summed E-state index contributed by atoms with van der Waals surface area (Å²) in [6, 6.07) is 21.1. The maximum Gasteiger partial charge on any atom is 0.412 e. The summed E-state index contributed by atoms with van der Waals surface area (Å²) < 4.78 is 6.22. The van der Waals surface area contributed by atoms with E-state index in [-0.39, 0.29) is 23.8 Å². The maximum absolute atomic E-state index is 11.9. The van der Waals surface area contributed by atoms with Gasteiger partial charge in [0.05, 0.1) is 25.1 Å². The predicted octanol–water partition coefficient (Wildman–Crippen LogP) is 4.49. The largest absolute Gasteiger partial charge is 0.453 e. The number of amides is 2. The molecule has 0 spiro atoms. The molecule has 2 amide bonds. The number of anilines is 2. The fourth-order valence-electron chi connectivity index (χ4n) is 4.60. The van der Waals surface area contributed by atoms with Gasteiger partial charge in [-0.25, -0.2) is 4.79 Å². The molecule has 9 nitrogen and oxygen atoms in total. The molecule has 1 saturated carbocycles. The van der Waals surface area contributed by atoms with E-state index in [1.165, 1.54) is 18.9 Å². The summed E-state index contributed by atoms with van der Waals surface area (Å²) in [4.78, 5) is 23.6. The van der Waals surface area contributed by atoms with E-state index in [4.69, 9.17) is 5.73 Å². The first-order chi connectivity index (χ1) is 16.9. The van der Waals surface area contributed by atoms with Crippen molar-refractivity contribution in [2.75, 3.05) is 17.7 Å². The molecule has 0 atom stereocenters. The lowest BCUT2D eigenvalue weighted by atomic mass is 9.77. The summed E-state index contributed by atoms with van der Waals surface area (Å²) in [6.45, 7) is 0. The van der Waals surface area contributed by atoms with E-state index in [1.807, 2.05) is 18.2 Å². The van der Waals surface area contributed by atoms with Gasteiger partial charge in [0.25, 0.3) is 5.91 Å². The van der Waals surface area contributed by atoms with Gasteiger partial charge in [0.1, 0.15) is 5.56 Å². The molecule has 0 bridgehead atoms. The Labute approximate surface area is 203 Å². The third-order valence-corrected chi connectivity index (χ3v) is 6.56. The number of carbonyl (C=O) groups is 2. The second kappa shape index (κ2) is 10.3. The van der Waals surface area contributed by atoms with Gasteiger partial charge < -0.3 is 15.8 Å². The van der Waals surface area contributed by atoms with Crippen LogP contribution in [0.1, 0.15) is 42.5 Å². The van der Waals surface area contributed by atoms with E-state index in [2.05, 4.69) is 62.9 Å². The first-order valence-electron chi connectivity index (χ1n) is 11.5. The van der Waals surface area contributed by atoms with Gasteiger partial charge in [-0.15, -0.1) is 0 Å². The minimum absolute atomic E-state index is 0.0282. The molecule has 1 aromatic heterocycles. The number of ether oxygens (including phenoxy) is 1. The molecule has 0 aliphatic heterocycles. The Morgan fingerprint density at radius 3 is 2.40 bits per heavy atom. The first-order valence-corrected chi connectivity index (χ1v) is 11.5. The summed E-state index contributed by atoms with van der Waals surface area (Å²) in [6.07, 6.45) is 3.97. The molecule has 1 aliphatic carbocycles. The second-order valence-corrected chi connectivity index (χ2v) is 8.74. The highest BCUT2D eigenvalue weighted by atomic mass is 16.5. The topological polar surface area (TPSA) is 135 Å². The number of rotatable bonds is 7. The van der Waals surface area contributed by atoms with Crippen LogP contribution in [-0.4, -0.2) is 34.9 Å². The van der Waals surface area contributed by atoms with Crippen LogP contribution in [0, 0.1) is 11.3 Å². The van der Waals surface area contributed by atoms with Crippen molar-refractivity contribution in [2.24, 2.45) is 5.73 Å². The van der Waals surface area contributed by atoms with Gasteiger partial charge in [-0.05, 0) is 48.9 Å². The Balaban J connectivity index is 1.46. The fourth-order valence-corrected chi connectivity index (χ4v) is 4.60. The van der Waals surface area contributed by atoms with Crippen molar-refractivity contribution in [3.8, 4) is 17.2 Å². The number of methoxy groups -OCH3 is 1. The average Bonchev–Trinajstić information content (AvgIpc) is 3.31. The van der Waals surface area contributed by atoms with Crippen LogP contribution >= 0.6 is 0 Å². The quantitative estimate of drug-likeness (QED) is 0.464. The number of nitriles is 1. The number of nitrogens with one attached hydrogen (secondary N) is 2. The van der Waals surface area contributed by atoms with E-state index in [0.717, 1.165) is 24.1 Å². The van der Waals surface area contributed by atoms with Crippen LogP contribution in [0.3, 0.4) is 0 Å². The third kappa shape index (κ3) is 5.27. The number of primary amides is 1. The monoisotopic (exact) mass is 472 g/mol. The molecule has 3 aromatic rings. The van der Waals surface area contributed by atoms with Crippen molar-refractivity contribution in [3.63, 3.8) is 0 Å². The number of nitrogens with two attached hydrogens (primary N) is 1. The van der Waals surface area contributed by atoms with E-state index < -0.39 is 17.5 Å². The molecule has 4 N–H and O–H groups in total. The Kier molecular flexibility index (Phi) is 7.01. The zero-order chi connectivity index (χ0) is 24.8. The number of nitrogens with zero attached hydrogens (tertiary/aromatic N) is 3. The lowest BCUT2D eigenvalue weighted by Gasteiger charge is -2.39. The average molecular weight is 473 g/mol. The van der Waals surface area contributed by atoms with Crippen molar-refractivity contribution in [1.29, 1.82) is 5.26 Å². The molecule has 2 aromatic carbocycles. The maximum atomic E-state index is 11.9. The summed E-state index contributed by atoms with van der Waals surface area (Å²) in [5, 5.41) is 20.0. The van der Waals surface area contributed by atoms with Crippen molar-refractivity contribution in [2.45, 2.75) is 43.7 Å². The highest BCUT2D eigenvalue weighted by Gasteiger charge is 2.39. The molecule has 1 aliphatic rings. The van der Waals surface area contributed by atoms with Crippen LogP contribution in [0.5, 0.6) is 0 Å². The van der Waals surface area contributed by atoms with Gasteiger partial charge in [-0.2, -0.15) is 10.4 Å². The predicted molar refractivity (Wildman–Crippen MR) is 133 cm³/mol. The lowest BCUT2D eigenvalue weighted by molar-refractivity contribution is 0.100. The zero-order valence-electron chi connectivity index (χ0n) is 19.5. The molecule has 180 valence electrons. The molecular weight excluding hydrogens is 444 g/mol. The molecule has 1 heterocycles. The van der Waals surface area contributed by atoms with Gasteiger partial charge >= 0.3 is 6.09 Å². The molecule has 0 radical (unpaired) electrons. The van der Waals surface area contributed by atoms with Gasteiger partial charge in [0.15, 0.2) is 5.82 Å². The third-order valence-electron chi connectivity index (χ3n) is 6.56. The van der Waals surface area contributed by atoms with Crippen molar-refractivity contribution < 1.29 is 14.3 Å². The smallest absolute Gasteiger partial charge is 0.412 e. The Hall–Kier alpha value is -4.32. The Morgan fingerprint density at radius 1 is 1.14 bits per heavy atom. The molecule has 0 saturated heterocycles. The number of hydrogen-bond donors (Lipinski definition) is 3. The minimum atomic E-state index is -0.752. The van der Waals surface area contributed by atoms with Gasteiger partial charge in [-0.1, -0.05) is 42.5 Å². The number of carbonyl (C=O) groups excluding carboxylic acids is 2. The fraction of sp³-hybridized carbons (Fsp3) is 0.308. The van der Waals surface area contributed by atoms with Crippen LogP contribution in [-0.2, 0) is 10.3 Å². The number of aromatic nitrogens is 2. The van der Waals surface area contributed by atoms with E-state index in [0.29, 0.717) is 12.8 Å². The summed E-state index contributed by atoms with van der Waals surface area (Å²) >= 11 is 0. The second-order valence-electron chi connectivity index (χ2n) is 8.74. The molecular formula is C26H28N6O3. The van der Waals surface area contributed by atoms with E-state index in [9.17, 15) is 14.9 Å². The van der Waals surface area contributed by atoms with Crippen molar-refractivity contribution in [1.82, 2.24) is 9.78 Å². The Morgan fingerprint density at radius 2 is 1.80 bits per heavy atom. The minimum Gasteiger partial charge on any atom is -0.453 e. The van der Waals surface area contributed by atoms with E-state index >= 15 is 0 Å². The molecule has 35 heavy (non-hydrogen) atoms. The van der Waals surface area contributed by atoms with Crippen molar-refractivity contribution >= 4 is 23.5 Å². The molecule has 9 heteroatoms. The highest BCUT2D eigenvalue weighted by Crippen LogP contribution is 2.39. The molecule has 4 rings (SSSR count). The molecule has 1 fully saturated rings. The normalized spacial score (nSPS) is 19.4. The SMILES string of the molecule is COC(=O)Nc1nn(C2(CC#N)CCC(Nc3ccc(-c4ccccc4)cc3)CC2)cc1C(N)=O. The number of benzene rings is 2. The van der Waals surface area contributed by atoms with Crippen LogP contribution in [0.15, 0.2) is 60.8 Å². The molecule has 0 unspecified atom stereocenters. The van der Waals surface area contributed by atoms with Crippen LogP contribution in [0.4, 0.5) is 16.3 Å². The number of hydrogen-bond acceptors (Lipinski definition) is 6. The summed E-state index contributed by atoms with van der Waals surface area (Å²) in [5.74, 6) is -0.690. The lowest BCUT2D eigenvalue weighted by Crippen LogP contribution is -2.41. The van der Waals surface area contributed by atoms with Crippen LogP contribution in [0.25, 0.3) is 11.1 Å². The first kappa shape index (κ1) is 23.8.